The molecule has 3 atom stereocenters. The summed E-state index contributed by atoms with van der Waals surface area (Å²) in [6.07, 6.45) is 4.72. The van der Waals surface area contributed by atoms with Crippen LogP contribution in [0.4, 0.5) is 0 Å². The molecule has 0 spiro atoms. The van der Waals surface area contributed by atoms with Gasteiger partial charge in [0.1, 0.15) is 0 Å². The minimum atomic E-state index is -0.742. The number of carboxylic acid groups (broad SMARTS) is 1. The Labute approximate surface area is 109 Å². The van der Waals surface area contributed by atoms with Crippen molar-refractivity contribution in [1.29, 1.82) is 0 Å². The Morgan fingerprint density at radius 2 is 1.83 bits per heavy atom. The zero-order valence-electron chi connectivity index (χ0n) is 11.6. The summed E-state index contributed by atoms with van der Waals surface area (Å²) < 4.78 is 0. The van der Waals surface area contributed by atoms with Crippen LogP contribution >= 0.6 is 0 Å². The van der Waals surface area contributed by atoms with E-state index in [2.05, 4.69) is 5.32 Å². The fraction of sp³-hybridized carbons (Fsp3) is 0.857. The Hall–Kier alpha value is -1.06. The summed E-state index contributed by atoms with van der Waals surface area (Å²) >= 11 is 0. The van der Waals surface area contributed by atoms with Crippen LogP contribution in [0.25, 0.3) is 0 Å². The minimum absolute atomic E-state index is 0.130. The summed E-state index contributed by atoms with van der Waals surface area (Å²) in [7, 11) is 0. The zero-order chi connectivity index (χ0) is 13.7. The van der Waals surface area contributed by atoms with Crippen LogP contribution in [0.5, 0.6) is 0 Å². The summed E-state index contributed by atoms with van der Waals surface area (Å²) in [6, 6.07) is 0.139. The molecule has 1 amide bonds. The number of hydrogen-bond acceptors (Lipinski definition) is 2. The molecule has 1 fully saturated rings. The molecule has 0 aromatic heterocycles. The number of hydrogen-bond donors (Lipinski definition) is 2. The predicted octanol–water partition coefficient (Wildman–Crippen LogP) is 2.43. The molecule has 4 heteroatoms. The highest BCUT2D eigenvalue weighted by atomic mass is 16.4. The highest BCUT2D eigenvalue weighted by Gasteiger charge is 2.32. The van der Waals surface area contributed by atoms with E-state index >= 15 is 0 Å². The van der Waals surface area contributed by atoms with Crippen LogP contribution in [0, 0.1) is 17.8 Å². The van der Waals surface area contributed by atoms with Crippen molar-refractivity contribution < 1.29 is 14.7 Å². The quantitative estimate of drug-likeness (QED) is 0.700. The first-order chi connectivity index (χ1) is 8.41. The molecule has 0 aliphatic heterocycles. The first kappa shape index (κ1) is 15.0. The van der Waals surface area contributed by atoms with Gasteiger partial charge in [-0.2, -0.15) is 0 Å². The third kappa shape index (κ3) is 5.07. The van der Waals surface area contributed by atoms with Crippen molar-refractivity contribution in [2.24, 2.45) is 17.8 Å². The summed E-state index contributed by atoms with van der Waals surface area (Å²) in [5.74, 6) is -0.168. The second-order valence-electron chi connectivity index (χ2n) is 5.71. The van der Waals surface area contributed by atoms with Crippen LogP contribution in [-0.4, -0.2) is 23.0 Å². The van der Waals surface area contributed by atoms with E-state index in [4.69, 9.17) is 5.11 Å². The van der Waals surface area contributed by atoms with Gasteiger partial charge >= 0.3 is 5.97 Å². The van der Waals surface area contributed by atoms with Gasteiger partial charge in [-0.25, -0.2) is 0 Å². The fourth-order valence-electron chi connectivity index (χ4n) is 2.11. The van der Waals surface area contributed by atoms with Crippen molar-refractivity contribution in [3.8, 4) is 0 Å². The van der Waals surface area contributed by atoms with Crippen molar-refractivity contribution >= 4 is 11.9 Å². The molecule has 3 unspecified atom stereocenters. The molecular weight excluding hydrogens is 230 g/mol. The van der Waals surface area contributed by atoms with Crippen molar-refractivity contribution in [2.45, 2.75) is 58.9 Å². The Kier molecular flexibility index (Phi) is 5.63. The molecule has 0 heterocycles. The lowest BCUT2D eigenvalue weighted by Crippen LogP contribution is -2.37. The fourth-order valence-corrected chi connectivity index (χ4v) is 2.11. The van der Waals surface area contributed by atoms with Gasteiger partial charge in [0.25, 0.3) is 0 Å². The van der Waals surface area contributed by atoms with Gasteiger partial charge in [0.05, 0.1) is 5.92 Å². The average molecular weight is 255 g/mol. The monoisotopic (exact) mass is 255 g/mol. The number of aliphatic carboxylic acids is 1. The van der Waals surface area contributed by atoms with Crippen molar-refractivity contribution in [3.05, 3.63) is 0 Å². The largest absolute Gasteiger partial charge is 0.481 e. The van der Waals surface area contributed by atoms with E-state index in [0.29, 0.717) is 12.3 Å². The van der Waals surface area contributed by atoms with E-state index in [1.165, 1.54) is 12.8 Å². The van der Waals surface area contributed by atoms with Crippen LogP contribution in [0.15, 0.2) is 0 Å². The van der Waals surface area contributed by atoms with Crippen molar-refractivity contribution in [2.75, 3.05) is 0 Å². The molecule has 1 rings (SSSR count). The smallest absolute Gasteiger partial charge is 0.306 e. The topological polar surface area (TPSA) is 66.4 Å². The third-order valence-electron chi connectivity index (χ3n) is 3.83. The number of carbonyl (C=O) groups is 2. The van der Waals surface area contributed by atoms with Crippen molar-refractivity contribution in [1.82, 2.24) is 5.32 Å². The second kappa shape index (κ2) is 6.76. The maximum absolute atomic E-state index is 11.8. The van der Waals surface area contributed by atoms with Gasteiger partial charge in [0.2, 0.25) is 5.91 Å². The summed E-state index contributed by atoms with van der Waals surface area (Å²) in [5.41, 5.74) is 0. The van der Waals surface area contributed by atoms with Gasteiger partial charge < -0.3 is 10.4 Å². The first-order valence-corrected chi connectivity index (χ1v) is 6.95. The van der Waals surface area contributed by atoms with Gasteiger partial charge in [-0.1, -0.05) is 20.3 Å². The minimum Gasteiger partial charge on any atom is -0.481 e. The van der Waals surface area contributed by atoms with E-state index in [0.717, 1.165) is 12.8 Å². The molecule has 2 N–H and O–H groups in total. The summed E-state index contributed by atoms with van der Waals surface area (Å²) in [5, 5.41) is 11.8. The molecule has 104 valence electrons. The molecule has 1 saturated carbocycles. The van der Waals surface area contributed by atoms with Crippen LogP contribution in [-0.2, 0) is 9.59 Å². The molecule has 0 bridgehead atoms. The van der Waals surface area contributed by atoms with Gasteiger partial charge in [0.15, 0.2) is 0 Å². The Balaban J connectivity index is 2.14. The van der Waals surface area contributed by atoms with E-state index in [1.807, 2.05) is 13.8 Å². The SMILES string of the molecule is CC(CCCC(C)C(=O)O)NC(=O)C(C)C1CC1. The van der Waals surface area contributed by atoms with Crippen LogP contribution in [0.2, 0.25) is 0 Å². The maximum Gasteiger partial charge on any atom is 0.306 e. The van der Waals surface area contributed by atoms with Crippen LogP contribution in [0.1, 0.15) is 52.9 Å². The number of amides is 1. The lowest BCUT2D eigenvalue weighted by molar-refractivity contribution is -0.141. The molecule has 0 aromatic carbocycles. The second-order valence-corrected chi connectivity index (χ2v) is 5.71. The Bertz CT molecular complexity index is 299. The van der Waals surface area contributed by atoms with Gasteiger partial charge in [-0.3, -0.25) is 9.59 Å². The molecule has 1 aliphatic carbocycles. The molecule has 18 heavy (non-hydrogen) atoms. The molecule has 4 nitrogen and oxygen atoms in total. The van der Waals surface area contributed by atoms with Gasteiger partial charge in [0, 0.05) is 12.0 Å². The zero-order valence-corrected chi connectivity index (χ0v) is 11.6. The first-order valence-electron chi connectivity index (χ1n) is 6.95. The normalized spacial score (nSPS) is 19.9. The predicted molar refractivity (Wildman–Crippen MR) is 70.1 cm³/mol. The maximum atomic E-state index is 11.8. The van der Waals surface area contributed by atoms with Gasteiger partial charge in [-0.15, -0.1) is 0 Å². The van der Waals surface area contributed by atoms with E-state index < -0.39 is 5.97 Å². The molecule has 0 saturated heterocycles. The number of nitrogens with one attached hydrogen (secondary N) is 1. The molecule has 1 aliphatic rings. The molecule has 0 aromatic rings. The molecular formula is C14H25NO3. The lowest BCUT2D eigenvalue weighted by Gasteiger charge is -2.17. The van der Waals surface area contributed by atoms with E-state index in [9.17, 15) is 9.59 Å². The number of carbonyl (C=O) groups excluding carboxylic acids is 1. The highest BCUT2D eigenvalue weighted by Crippen LogP contribution is 2.36. The van der Waals surface area contributed by atoms with Gasteiger partial charge in [-0.05, 0) is 38.5 Å². The van der Waals surface area contributed by atoms with E-state index in [-0.39, 0.29) is 23.8 Å². The average Bonchev–Trinajstić information content (AvgIpc) is 3.11. The number of rotatable bonds is 8. The van der Waals surface area contributed by atoms with E-state index in [1.54, 1.807) is 6.92 Å². The van der Waals surface area contributed by atoms with Crippen molar-refractivity contribution in [3.63, 3.8) is 0 Å². The third-order valence-corrected chi connectivity index (χ3v) is 3.83. The number of carboxylic acids is 1. The highest BCUT2D eigenvalue weighted by molar-refractivity contribution is 5.79. The Morgan fingerprint density at radius 1 is 1.22 bits per heavy atom. The summed E-state index contributed by atoms with van der Waals surface area (Å²) in [4.78, 5) is 22.5. The summed E-state index contributed by atoms with van der Waals surface area (Å²) in [6.45, 7) is 5.70. The lowest BCUT2D eigenvalue weighted by atomic mass is 10.0. The van der Waals surface area contributed by atoms with Crippen LogP contribution in [0.3, 0.4) is 0 Å². The standard InChI is InChI=1S/C14H25NO3/c1-9(14(17)18)5-4-6-10(2)15-13(16)11(3)12-7-8-12/h9-12H,4-8H2,1-3H3,(H,15,16)(H,17,18). The van der Waals surface area contributed by atoms with Crippen LogP contribution < -0.4 is 5.32 Å². The molecule has 0 radical (unpaired) electrons. The Morgan fingerprint density at radius 3 is 2.33 bits per heavy atom.